The number of esters is 4. The third-order valence-electron chi connectivity index (χ3n) is 2.49. The van der Waals surface area contributed by atoms with Gasteiger partial charge in [-0.05, 0) is 0 Å². The fourth-order valence-electron chi connectivity index (χ4n) is 1.73. The van der Waals surface area contributed by atoms with Gasteiger partial charge < -0.3 is 24.5 Å². The molecule has 0 rings (SSSR count). The quantitative estimate of drug-likeness (QED) is 0.169. The number of hydrogen-bond donors (Lipinski definition) is 0. The molecule has 0 spiro atoms. The van der Waals surface area contributed by atoms with Crippen molar-refractivity contribution in [1.82, 2.24) is 0 Å². The highest BCUT2D eigenvalue weighted by Gasteiger charge is 2.42. The third-order valence-corrected chi connectivity index (χ3v) is 2.49. The first-order valence-electron chi connectivity index (χ1n) is 6.94. The molecule has 0 radical (unpaired) electrons. The van der Waals surface area contributed by atoms with Crippen LogP contribution < -0.4 is 0 Å². The molecule has 25 heavy (non-hydrogen) atoms. The molecule has 0 saturated heterocycles. The van der Waals surface area contributed by atoms with E-state index in [1.165, 1.54) is 0 Å². The van der Waals surface area contributed by atoms with E-state index in [1.54, 1.807) is 0 Å². The van der Waals surface area contributed by atoms with E-state index in [9.17, 15) is 24.0 Å². The summed E-state index contributed by atoms with van der Waals surface area (Å²) >= 11 is 0. The van der Waals surface area contributed by atoms with E-state index in [0.29, 0.717) is 6.21 Å². The van der Waals surface area contributed by atoms with Crippen molar-refractivity contribution in [3.8, 4) is 0 Å². The first-order chi connectivity index (χ1) is 11.6. The Morgan fingerprint density at radius 2 is 1.40 bits per heavy atom. The molecule has 3 unspecified atom stereocenters. The molecule has 138 valence electrons. The minimum absolute atomic E-state index is 0.417. The Morgan fingerprint density at radius 1 is 0.880 bits per heavy atom. The van der Waals surface area contributed by atoms with Crippen LogP contribution in [0.4, 0.5) is 0 Å². The SMILES string of the molecule is CC(=O)OCC(OC(C)=O)C(OC(C)=O)C(OC(C)=O)C(=O)C=[N+]=[N-]. The Hall–Kier alpha value is -3.07. The van der Waals surface area contributed by atoms with Crippen LogP contribution in [0.15, 0.2) is 0 Å². The molecule has 11 heteroatoms. The second kappa shape index (κ2) is 10.7. The fourth-order valence-corrected chi connectivity index (χ4v) is 1.73. The monoisotopic (exact) mass is 358 g/mol. The van der Waals surface area contributed by atoms with E-state index < -0.39 is 54.6 Å². The van der Waals surface area contributed by atoms with E-state index >= 15 is 0 Å². The van der Waals surface area contributed by atoms with Gasteiger partial charge in [0.2, 0.25) is 6.10 Å². The predicted molar refractivity (Wildman–Crippen MR) is 78.0 cm³/mol. The number of hydrogen-bond acceptors (Lipinski definition) is 9. The molecule has 0 heterocycles. The van der Waals surface area contributed by atoms with Crippen molar-refractivity contribution in [3.05, 3.63) is 5.53 Å². The Bertz CT molecular complexity index is 595. The summed E-state index contributed by atoms with van der Waals surface area (Å²) in [5.74, 6) is -4.43. The lowest BCUT2D eigenvalue weighted by atomic mass is 10.0. The molecule has 0 bridgehead atoms. The highest BCUT2D eigenvalue weighted by molar-refractivity contribution is 6.27. The molecular formula is C14H18N2O9. The van der Waals surface area contributed by atoms with Crippen LogP contribution in [-0.4, -0.2) is 65.6 Å². The van der Waals surface area contributed by atoms with Gasteiger partial charge in [-0.25, -0.2) is 0 Å². The van der Waals surface area contributed by atoms with E-state index in [0.717, 1.165) is 27.7 Å². The van der Waals surface area contributed by atoms with Gasteiger partial charge in [0.1, 0.15) is 6.61 Å². The molecule has 0 aromatic rings. The van der Waals surface area contributed by atoms with Crippen LogP contribution in [0, 0.1) is 0 Å². The topological polar surface area (TPSA) is 159 Å². The second-order valence-corrected chi connectivity index (χ2v) is 4.70. The van der Waals surface area contributed by atoms with Gasteiger partial charge in [-0.15, -0.1) is 0 Å². The molecule has 11 nitrogen and oxygen atoms in total. The third kappa shape index (κ3) is 8.96. The van der Waals surface area contributed by atoms with Crippen LogP contribution >= 0.6 is 0 Å². The normalized spacial score (nSPS) is 13.3. The van der Waals surface area contributed by atoms with Crippen LogP contribution in [0.25, 0.3) is 5.53 Å². The van der Waals surface area contributed by atoms with Crippen LogP contribution in [0.2, 0.25) is 0 Å². The Balaban J connectivity index is 5.85. The molecule has 0 aromatic carbocycles. The smallest absolute Gasteiger partial charge is 0.327 e. The van der Waals surface area contributed by atoms with E-state index in [1.807, 2.05) is 0 Å². The van der Waals surface area contributed by atoms with Crippen molar-refractivity contribution in [3.63, 3.8) is 0 Å². The van der Waals surface area contributed by atoms with Crippen LogP contribution in [0.5, 0.6) is 0 Å². The number of carbonyl (C=O) groups is 5. The highest BCUT2D eigenvalue weighted by atomic mass is 16.6. The first-order valence-corrected chi connectivity index (χ1v) is 6.94. The average Bonchev–Trinajstić information content (AvgIpc) is 2.46. The number of ether oxygens (including phenoxy) is 4. The molecule has 0 saturated carbocycles. The summed E-state index contributed by atoms with van der Waals surface area (Å²) < 4.78 is 19.4. The summed E-state index contributed by atoms with van der Waals surface area (Å²) in [5.41, 5.74) is 8.49. The van der Waals surface area contributed by atoms with E-state index in [-0.39, 0.29) is 0 Å². The van der Waals surface area contributed by atoms with Gasteiger partial charge in [-0.2, -0.15) is 4.79 Å². The van der Waals surface area contributed by atoms with Gasteiger partial charge >= 0.3 is 30.1 Å². The minimum Gasteiger partial charge on any atom is -0.462 e. The molecule has 0 fully saturated rings. The standard InChI is InChI=1S/C14H18N2O9/c1-7(17)22-6-12(23-8(2)18)14(25-10(4)20)13(24-9(3)19)11(21)5-16-15/h5,12-14H,6H2,1-4H3. The van der Waals surface area contributed by atoms with E-state index in [2.05, 4.69) is 4.79 Å². The van der Waals surface area contributed by atoms with Crippen molar-refractivity contribution >= 4 is 35.9 Å². The molecule has 0 N–H and O–H groups in total. The number of carbonyl (C=O) groups excluding carboxylic acids is 5. The lowest BCUT2D eigenvalue weighted by Crippen LogP contribution is -2.51. The largest absolute Gasteiger partial charge is 0.462 e. The number of ketones is 1. The maximum Gasteiger partial charge on any atom is 0.327 e. The maximum absolute atomic E-state index is 12.0. The molecule has 0 aliphatic carbocycles. The maximum atomic E-state index is 12.0. The summed E-state index contributed by atoms with van der Waals surface area (Å²) in [5, 5.41) is 0. The Morgan fingerprint density at radius 3 is 1.80 bits per heavy atom. The van der Waals surface area contributed by atoms with E-state index in [4.69, 9.17) is 24.5 Å². The Kier molecular flexibility index (Phi) is 9.35. The number of rotatable bonds is 9. The van der Waals surface area contributed by atoms with Crippen LogP contribution in [0.1, 0.15) is 27.7 Å². The highest BCUT2D eigenvalue weighted by Crippen LogP contribution is 2.15. The van der Waals surface area contributed by atoms with Crippen molar-refractivity contribution in [2.75, 3.05) is 6.61 Å². The van der Waals surface area contributed by atoms with Gasteiger partial charge in [-0.1, -0.05) is 0 Å². The Labute approximate surface area is 142 Å². The lowest BCUT2D eigenvalue weighted by Gasteiger charge is -2.29. The minimum atomic E-state index is -1.79. The molecular weight excluding hydrogens is 340 g/mol. The van der Waals surface area contributed by atoms with Gasteiger partial charge in [0.25, 0.3) is 5.78 Å². The molecule has 0 amide bonds. The predicted octanol–water partition coefficient (Wildman–Crippen LogP) is -0.786. The number of nitrogens with zero attached hydrogens (tertiary/aromatic N) is 2. The summed E-state index contributed by atoms with van der Waals surface area (Å²) in [4.78, 5) is 59.4. The zero-order valence-corrected chi connectivity index (χ0v) is 14.1. The molecule has 0 aliphatic rings. The van der Waals surface area contributed by atoms with Gasteiger partial charge in [0, 0.05) is 27.7 Å². The van der Waals surface area contributed by atoms with Gasteiger partial charge in [-0.3, -0.25) is 24.0 Å². The van der Waals surface area contributed by atoms with Crippen molar-refractivity contribution < 1.29 is 47.7 Å². The van der Waals surface area contributed by atoms with Crippen LogP contribution in [-0.2, 0) is 42.9 Å². The average molecular weight is 358 g/mol. The van der Waals surface area contributed by atoms with Gasteiger partial charge in [0.15, 0.2) is 12.2 Å². The summed E-state index contributed by atoms with van der Waals surface area (Å²) in [6.07, 6.45) is -4.47. The van der Waals surface area contributed by atoms with Crippen molar-refractivity contribution in [2.24, 2.45) is 0 Å². The molecule has 3 atom stereocenters. The van der Waals surface area contributed by atoms with Crippen molar-refractivity contribution in [2.45, 2.75) is 46.0 Å². The summed E-state index contributed by atoms with van der Waals surface area (Å²) in [6, 6.07) is 0. The van der Waals surface area contributed by atoms with Gasteiger partial charge in [0.05, 0.1) is 0 Å². The zero-order chi connectivity index (χ0) is 19.6. The number of Topliss-reactive ketones (excluding diaryl/α,β-unsaturated/α-hetero) is 1. The second-order valence-electron chi connectivity index (χ2n) is 4.70. The molecule has 0 aromatic heterocycles. The first kappa shape index (κ1) is 21.9. The zero-order valence-electron chi connectivity index (χ0n) is 14.1. The lowest BCUT2D eigenvalue weighted by molar-refractivity contribution is -0.189. The summed E-state index contributed by atoms with van der Waals surface area (Å²) in [6.45, 7) is 3.52. The fraction of sp³-hybridized carbons (Fsp3) is 0.571. The van der Waals surface area contributed by atoms with Crippen molar-refractivity contribution in [1.29, 1.82) is 0 Å². The molecule has 0 aliphatic heterocycles. The summed E-state index contributed by atoms with van der Waals surface area (Å²) in [7, 11) is 0. The van der Waals surface area contributed by atoms with Crippen LogP contribution in [0.3, 0.4) is 0 Å².